The van der Waals surface area contributed by atoms with Crippen LogP contribution in [0.4, 0.5) is 4.39 Å². The van der Waals surface area contributed by atoms with Crippen LogP contribution in [-0.4, -0.2) is 15.0 Å². The molecule has 0 aliphatic heterocycles. The zero-order chi connectivity index (χ0) is 12.6. The van der Waals surface area contributed by atoms with Gasteiger partial charge in [-0.15, -0.1) is 16.7 Å². The molecule has 0 bridgehead atoms. The van der Waals surface area contributed by atoms with E-state index in [-0.39, 0.29) is 5.82 Å². The number of alkyl halides is 1. The first-order chi connectivity index (χ1) is 7.89. The third-order valence-corrected chi connectivity index (χ3v) is 2.71. The van der Waals surface area contributed by atoms with Crippen LogP contribution >= 0.6 is 11.6 Å². The van der Waals surface area contributed by atoms with Gasteiger partial charge in [0.05, 0.1) is 11.1 Å². The second kappa shape index (κ2) is 4.11. The van der Waals surface area contributed by atoms with Gasteiger partial charge in [0, 0.05) is 0 Å². The number of nitrogens with zero attached hydrogens (tertiary/aromatic N) is 3. The lowest BCUT2D eigenvalue weighted by molar-refractivity contribution is 0.598. The molecule has 0 unspecified atom stereocenters. The van der Waals surface area contributed by atoms with Crippen molar-refractivity contribution in [3.63, 3.8) is 0 Å². The van der Waals surface area contributed by atoms with Crippen LogP contribution in [0.5, 0.6) is 0 Å². The molecule has 0 amide bonds. The van der Waals surface area contributed by atoms with E-state index in [1.165, 1.54) is 4.68 Å². The molecule has 90 valence electrons. The Kier molecular flexibility index (Phi) is 2.91. The molecule has 0 atom stereocenters. The summed E-state index contributed by atoms with van der Waals surface area (Å²) >= 11 is 6.12. The largest absolute Gasteiger partial charge is 0.217 e. The van der Waals surface area contributed by atoms with Crippen molar-refractivity contribution < 1.29 is 4.39 Å². The van der Waals surface area contributed by atoms with Gasteiger partial charge in [-0.2, -0.15) is 0 Å². The highest BCUT2D eigenvalue weighted by molar-refractivity contribution is 6.23. The average Bonchev–Trinajstić information content (AvgIpc) is 2.70. The Morgan fingerprint density at radius 1 is 1.35 bits per heavy atom. The van der Waals surface area contributed by atoms with Crippen molar-refractivity contribution in [2.24, 2.45) is 0 Å². The number of hydrogen-bond donors (Lipinski definition) is 0. The molecule has 0 aliphatic carbocycles. The number of hydrogen-bond acceptors (Lipinski definition) is 2. The van der Waals surface area contributed by atoms with Crippen molar-refractivity contribution in [1.29, 1.82) is 0 Å². The Morgan fingerprint density at radius 2 is 2.06 bits per heavy atom. The van der Waals surface area contributed by atoms with Crippen molar-refractivity contribution in [2.45, 2.75) is 25.6 Å². The maximum Gasteiger partial charge on any atom is 0.151 e. The first-order valence-electron chi connectivity index (χ1n) is 5.27. The van der Waals surface area contributed by atoms with Gasteiger partial charge in [0.1, 0.15) is 11.4 Å². The molecule has 17 heavy (non-hydrogen) atoms. The molecule has 0 saturated carbocycles. The average molecular weight is 254 g/mol. The first kappa shape index (κ1) is 12.0. The molecule has 0 fully saturated rings. The second-order valence-electron chi connectivity index (χ2n) is 4.43. The molecule has 0 radical (unpaired) electrons. The Bertz CT molecular complexity index is 543. The quantitative estimate of drug-likeness (QED) is 0.770. The molecule has 1 heterocycles. The fourth-order valence-corrected chi connectivity index (χ4v) is 1.55. The molecule has 1 aromatic carbocycles. The summed E-state index contributed by atoms with van der Waals surface area (Å²) in [5.74, 6) is -0.295. The van der Waals surface area contributed by atoms with E-state index >= 15 is 0 Å². The lowest BCUT2D eigenvalue weighted by Gasteiger charge is -2.10. The molecular weight excluding hydrogens is 241 g/mol. The molecule has 1 aromatic heterocycles. The summed E-state index contributed by atoms with van der Waals surface area (Å²) in [4.78, 5) is -0.613. The first-order valence-corrected chi connectivity index (χ1v) is 5.64. The van der Waals surface area contributed by atoms with Crippen molar-refractivity contribution >= 4 is 11.6 Å². The van der Waals surface area contributed by atoms with Crippen LogP contribution in [0, 0.1) is 12.7 Å². The summed E-state index contributed by atoms with van der Waals surface area (Å²) in [6.07, 6.45) is 1.64. The van der Waals surface area contributed by atoms with Crippen molar-refractivity contribution in [2.75, 3.05) is 0 Å². The maximum atomic E-state index is 13.9. The van der Waals surface area contributed by atoms with Gasteiger partial charge in [-0.05, 0) is 32.4 Å². The summed E-state index contributed by atoms with van der Waals surface area (Å²) in [6, 6.07) is 5.14. The van der Waals surface area contributed by atoms with Crippen molar-refractivity contribution in [3.8, 4) is 5.69 Å². The van der Waals surface area contributed by atoms with E-state index in [4.69, 9.17) is 11.6 Å². The minimum absolute atomic E-state index is 0.295. The van der Waals surface area contributed by atoms with E-state index in [0.717, 1.165) is 0 Å². The molecule has 3 nitrogen and oxygen atoms in total. The topological polar surface area (TPSA) is 30.7 Å². The third-order valence-electron chi connectivity index (χ3n) is 2.52. The van der Waals surface area contributed by atoms with Crippen LogP contribution < -0.4 is 0 Å². The summed E-state index contributed by atoms with van der Waals surface area (Å²) in [7, 11) is 0. The fourth-order valence-electron chi connectivity index (χ4n) is 1.46. The molecule has 2 aromatic rings. The van der Waals surface area contributed by atoms with Gasteiger partial charge in [0.25, 0.3) is 0 Å². The van der Waals surface area contributed by atoms with E-state index in [9.17, 15) is 4.39 Å². The monoisotopic (exact) mass is 253 g/mol. The minimum Gasteiger partial charge on any atom is -0.217 e. The lowest BCUT2D eigenvalue weighted by Crippen LogP contribution is -2.07. The van der Waals surface area contributed by atoms with E-state index < -0.39 is 4.87 Å². The smallest absolute Gasteiger partial charge is 0.151 e. The standard InChI is InChI=1S/C12H13ClFN3/c1-8-5-4-6-9(11(8)14)17-7-10(15-16-17)12(2,3)13/h4-7H,1-3H3. The van der Waals surface area contributed by atoms with E-state index in [0.29, 0.717) is 16.9 Å². The normalized spacial score (nSPS) is 11.8. The predicted octanol–water partition coefficient (Wildman–Crippen LogP) is 3.19. The Labute approximate surface area is 104 Å². The Hall–Kier alpha value is -1.42. The summed E-state index contributed by atoms with van der Waals surface area (Å²) in [5.41, 5.74) is 1.56. The number of rotatable bonds is 2. The van der Waals surface area contributed by atoms with Crippen LogP contribution in [0.15, 0.2) is 24.4 Å². The lowest BCUT2D eigenvalue weighted by atomic mass is 10.1. The van der Waals surface area contributed by atoms with Crippen LogP contribution in [0.1, 0.15) is 25.1 Å². The van der Waals surface area contributed by atoms with Crippen LogP contribution in [0.2, 0.25) is 0 Å². The molecule has 5 heteroatoms. The number of halogens is 2. The van der Waals surface area contributed by atoms with Gasteiger partial charge >= 0.3 is 0 Å². The Balaban J connectivity index is 2.48. The highest BCUT2D eigenvalue weighted by Gasteiger charge is 2.21. The summed E-state index contributed by atoms with van der Waals surface area (Å²) < 4.78 is 15.3. The van der Waals surface area contributed by atoms with E-state index in [2.05, 4.69) is 10.3 Å². The van der Waals surface area contributed by atoms with Gasteiger partial charge in [0.2, 0.25) is 0 Å². The molecule has 0 N–H and O–H groups in total. The SMILES string of the molecule is Cc1cccc(-n2cc(C(C)(C)Cl)nn2)c1F. The zero-order valence-corrected chi connectivity index (χ0v) is 10.7. The van der Waals surface area contributed by atoms with Gasteiger partial charge < -0.3 is 0 Å². The van der Waals surface area contributed by atoms with Crippen molar-refractivity contribution in [3.05, 3.63) is 41.5 Å². The van der Waals surface area contributed by atoms with Crippen LogP contribution in [-0.2, 0) is 4.87 Å². The summed E-state index contributed by atoms with van der Waals surface area (Å²) in [5, 5.41) is 7.85. The number of benzene rings is 1. The van der Waals surface area contributed by atoms with E-state index in [1.54, 1.807) is 31.3 Å². The third kappa shape index (κ3) is 2.31. The highest BCUT2D eigenvalue weighted by atomic mass is 35.5. The molecule has 0 saturated heterocycles. The summed E-state index contributed by atoms with van der Waals surface area (Å²) in [6.45, 7) is 5.34. The van der Waals surface area contributed by atoms with Gasteiger partial charge in [-0.3, -0.25) is 0 Å². The van der Waals surface area contributed by atoms with Gasteiger partial charge in [0.15, 0.2) is 5.82 Å². The molecule has 0 aliphatic rings. The zero-order valence-electron chi connectivity index (χ0n) is 9.91. The number of aromatic nitrogens is 3. The van der Waals surface area contributed by atoms with Crippen molar-refractivity contribution in [1.82, 2.24) is 15.0 Å². The minimum atomic E-state index is -0.613. The Morgan fingerprint density at radius 3 is 2.65 bits per heavy atom. The van der Waals surface area contributed by atoms with E-state index in [1.807, 2.05) is 13.8 Å². The van der Waals surface area contributed by atoms with Gasteiger partial charge in [-0.25, -0.2) is 9.07 Å². The highest BCUT2D eigenvalue weighted by Crippen LogP contribution is 2.26. The van der Waals surface area contributed by atoms with Crippen LogP contribution in [0.3, 0.4) is 0 Å². The molecule has 0 spiro atoms. The van der Waals surface area contributed by atoms with Gasteiger partial charge in [-0.1, -0.05) is 17.3 Å². The second-order valence-corrected chi connectivity index (χ2v) is 5.37. The molecular formula is C12H13ClFN3. The molecule has 2 rings (SSSR count). The predicted molar refractivity (Wildman–Crippen MR) is 64.9 cm³/mol. The van der Waals surface area contributed by atoms with Crippen LogP contribution in [0.25, 0.3) is 5.69 Å². The fraction of sp³-hybridized carbons (Fsp3) is 0.333. The maximum absolute atomic E-state index is 13.9. The number of aryl methyl sites for hydroxylation is 1.